The van der Waals surface area contributed by atoms with Gasteiger partial charge in [-0.25, -0.2) is 4.90 Å². The van der Waals surface area contributed by atoms with Crippen LogP contribution in [0.15, 0.2) is 72.8 Å². The zero-order chi connectivity index (χ0) is 20.1. The quantitative estimate of drug-likeness (QED) is 0.623. The highest BCUT2D eigenvalue weighted by Gasteiger charge is 2.24. The summed E-state index contributed by atoms with van der Waals surface area (Å²) in [7, 11) is 0. The van der Waals surface area contributed by atoms with E-state index in [0.29, 0.717) is 17.8 Å². The lowest BCUT2D eigenvalue weighted by molar-refractivity contribution is -0.120. The standard InChI is InChI=1S/C22H18N2O4/c1-15(25)2-11-20(26)23-18-7-3-16(4-8-18)14-17-5-9-19(10-6-17)24-21(27)12-13-22(24)28/h2-13H,14H2,1H3,(H,23,26)/b11-2-. The number of nitrogens with one attached hydrogen (secondary N) is 1. The highest BCUT2D eigenvalue weighted by molar-refractivity contribution is 6.28. The van der Waals surface area contributed by atoms with Gasteiger partial charge in [0, 0.05) is 23.9 Å². The fourth-order valence-electron chi connectivity index (χ4n) is 2.74. The Hall–Kier alpha value is -3.80. The van der Waals surface area contributed by atoms with Crippen molar-refractivity contribution < 1.29 is 19.2 Å². The number of hydrogen-bond donors (Lipinski definition) is 1. The first-order valence-electron chi connectivity index (χ1n) is 8.66. The molecule has 140 valence electrons. The van der Waals surface area contributed by atoms with Crippen LogP contribution in [0.3, 0.4) is 0 Å². The zero-order valence-electron chi connectivity index (χ0n) is 15.2. The molecule has 6 heteroatoms. The third-order valence-corrected chi connectivity index (χ3v) is 4.10. The molecule has 0 fully saturated rings. The largest absolute Gasteiger partial charge is 0.323 e. The molecular formula is C22H18N2O4. The summed E-state index contributed by atoms with van der Waals surface area (Å²) in [5.74, 6) is -1.23. The first-order valence-corrected chi connectivity index (χ1v) is 8.66. The number of benzene rings is 2. The van der Waals surface area contributed by atoms with Crippen LogP contribution in [-0.4, -0.2) is 23.5 Å². The van der Waals surface area contributed by atoms with Crippen molar-refractivity contribution in [1.29, 1.82) is 0 Å². The van der Waals surface area contributed by atoms with Gasteiger partial charge in [0.05, 0.1) is 5.69 Å². The van der Waals surface area contributed by atoms with Crippen molar-refractivity contribution in [3.8, 4) is 0 Å². The Kier molecular flexibility index (Phi) is 5.60. The van der Waals surface area contributed by atoms with E-state index in [-0.39, 0.29) is 23.5 Å². The molecule has 0 saturated carbocycles. The Morgan fingerprint density at radius 3 is 1.93 bits per heavy atom. The summed E-state index contributed by atoms with van der Waals surface area (Å²) in [6.07, 6.45) is 5.59. The molecule has 1 aliphatic heterocycles. The maximum absolute atomic E-state index is 11.7. The van der Waals surface area contributed by atoms with Crippen LogP contribution in [0.2, 0.25) is 0 Å². The minimum Gasteiger partial charge on any atom is -0.323 e. The number of carbonyl (C=O) groups is 4. The second-order valence-corrected chi connectivity index (χ2v) is 6.32. The van der Waals surface area contributed by atoms with Crippen molar-refractivity contribution in [3.05, 3.63) is 84.0 Å². The maximum atomic E-state index is 11.7. The van der Waals surface area contributed by atoms with Crippen molar-refractivity contribution in [2.45, 2.75) is 13.3 Å². The summed E-state index contributed by atoms with van der Waals surface area (Å²) >= 11 is 0. The normalized spacial score (nSPS) is 13.4. The molecule has 1 N–H and O–H groups in total. The molecule has 0 radical (unpaired) electrons. The number of allylic oxidation sites excluding steroid dienone is 1. The smallest absolute Gasteiger partial charge is 0.258 e. The van der Waals surface area contributed by atoms with Crippen molar-refractivity contribution in [2.24, 2.45) is 0 Å². The molecule has 0 spiro atoms. The second-order valence-electron chi connectivity index (χ2n) is 6.32. The van der Waals surface area contributed by atoms with E-state index in [2.05, 4.69) is 5.32 Å². The van der Waals surface area contributed by atoms with Gasteiger partial charge < -0.3 is 5.32 Å². The number of carbonyl (C=O) groups excluding carboxylic acids is 4. The Balaban J connectivity index is 1.61. The van der Waals surface area contributed by atoms with Gasteiger partial charge >= 0.3 is 0 Å². The summed E-state index contributed by atoms with van der Waals surface area (Å²) in [5, 5.41) is 2.68. The maximum Gasteiger partial charge on any atom is 0.258 e. The molecule has 2 aromatic carbocycles. The molecule has 0 saturated heterocycles. The van der Waals surface area contributed by atoms with E-state index in [0.717, 1.165) is 16.0 Å². The summed E-state index contributed by atoms with van der Waals surface area (Å²) in [6.45, 7) is 1.38. The van der Waals surface area contributed by atoms with Crippen LogP contribution in [0.1, 0.15) is 18.1 Å². The predicted molar refractivity (Wildman–Crippen MR) is 106 cm³/mol. The molecule has 1 heterocycles. The molecule has 0 bridgehead atoms. The average molecular weight is 374 g/mol. The van der Waals surface area contributed by atoms with Crippen LogP contribution in [0.4, 0.5) is 11.4 Å². The molecule has 1 aliphatic rings. The van der Waals surface area contributed by atoms with Crippen molar-refractivity contribution in [1.82, 2.24) is 0 Å². The van der Waals surface area contributed by atoms with E-state index >= 15 is 0 Å². The lowest BCUT2D eigenvalue weighted by Crippen LogP contribution is -2.29. The molecule has 6 nitrogen and oxygen atoms in total. The first kappa shape index (κ1) is 19.0. The van der Waals surface area contributed by atoms with Gasteiger partial charge in [0.1, 0.15) is 0 Å². The van der Waals surface area contributed by atoms with Crippen molar-refractivity contribution in [3.63, 3.8) is 0 Å². The summed E-state index contributed by atoms with van der Waals surface area (Å²) in [6, 6.07) is 14.6. The van der Waals surface area contributed by atoms with E-state index in [1.807, 2.05) is 24.3 Å². The van der Waals surface area contributed by atoms with Crippen LogP contribution < -0.4 is 10.2 Å². The van der Waals surface area contributed by atoms with Gasteiger partial charge in [-0.2, -0.15) is 0 Å². The highest BCUT2D eigenvalue weighted by Crippen LogP contribution is 2.21. The molecule has 0 unspecified atom stereocenters. The molecule has 0 aliphatic carbocycles. The monoisotopic (exact) mass is 374 g/mol. The Bertz CT molecular complexity index is 968. The summed E-state index contributed by atoms with van der Waals surface area (Å²) < 4.78 is 0. The number of hydrogen-bond acceptors (Lipinski definition) is 4. The van der Waals surface area contributed by atoms with Gasteiger partial charge in [0.25, 0.3) is 11.8 Å². The number of nitrogens with zero attached hydrogens (tertiary/aromatic N) is 1. The van der Waals surface area contributed by atoms with Crippen LogP contribution in [0.25, 0.3) is 0 Å². The van der Waals surface area contributed by atoms with E-state index in [9.17, 15) is 19.2 Å². The van der Waals surface area contributed by atoms with Crippen LogP contribution >= 0.6 is 0 Å². The van der Waals surface area contributed by atoms with Crippen LogP contribution in [-0.2, 0) is 25.6 Å². The zero-order valence-corrected chi connectivity index (χ0v) is 15.2. The van der Waals surface area contributed by atoms with Crippen LogP contribution in [0, 0.1) is 0 Å². The van der Waals surface area contributed by atoms with Crippen molar-refractivity contribution >= 4 is 34.9 Å². The molecule has 3 rings (SSSR count). The fraction of sp³-hybridized carbons (Fsp3) is 0.0909. The third-order valence-electron chi connectivity index (χ3n) is 4.10. The molecule has 28 heavy (non-hydrogen) atoms. The molecule has 3 amide bonds. The minimum atomic E-state index is -0.362. The van der Waals surface area contributed by atoms with Crippen molar-refractivity contribution in [2.75, 3.05) is 10.2 Å². The third kappa shape index (κ3) is 4.67. The lowest BCUT2D eigenvalue weighted by atomic mass is 10.0. The summed E-state index contributed by atoms with van der Waals surface area (Å²) in [4.78, 5) is 47.1. The van der Waals surface area contributed by atoms with Gasteiger partial charge in [0.2, 0.25) is 5.91 Å². The molecule has 0 atom stereocenters. The fourth-order valence-corrected chi connectivity index (χ4v) is 2.74. The average Bonchev–Trinajstić information content (AvgIpc) is 3.01. The summed E-state index contributed by atoms with van der Waals surface area (Å²) in [5.41, 5.74) is 3.24. The van der Waals surface area contributed by atoms with E-state index in [1.165, 1.54) is 31.2 Å². The van der Waals surface area contributed by atoms with Gasteiger partial charge in [0.15, 0.2) is 5.78 Å². The second kappa shape index (κ2) is 8.26. The number of rotatable bonds is 6. The van der Waals surface area contributed by atoms with Gasteiger partial charge in [-0.3, -0.25) is 19.2 Å². The Morgan fingerprint density at radius 2 is 1.39 bits per heavy atom. The lowest BCUT2D eigenvalue weighted by Gasteiger charge is -2.14. The van der Waals surface area contributed by atoms with E-state index in [4.69, 9.17) is 0 Å². The number of ketones is 1. The van der Waals surface area contributed by atoms with E-state index in [1.54, 1.807) is 24.3 Å². The van der Waals surface area contributed by atoms with Gasteiger partial charge in [-0.15, -0.1) is 0 Å². The molecule has 2 aromatic rings. The SMILES string of the molecule is CC(=O)/C=C\C(=O)Nc1ccc(Cc2ccc(N3C(=O)C=CC3=O)cc2)cc1. The van der Waals surface area contributed by atoms with Gasteiger partial charge in [-0.05, 0) is 54.8 Å². The first-order chi connectivity index (χ1) is 13.4. The highest BCUT2D eigenvalue weighted by atomic mass is 16.2. The predicted octanol–water partition coefficient (Wildman–Crippen LogP) is 2.79. The molecule has 0 aromatic heterocycles. The number of amides is 3. The number of anilines is 2. The molecular weight excluding hydrogens is 356 g/mol. The Morgan fingerprint density at radius 1 is 0.857 bits per heavy atom. The Labute approximate surface area is 162 Å². The van der Waals surface area contributed by atoms with Gasteiger partial charge in [-0.1, -0.05) is 24.3 Å². The van der Waals surface area contributed by atoms with E-state index < -0.39 is 0 Å². The minimum absolute atomic E-state index is 0.189. The van der Waals surface area contributed by atoms with Crippen LogP contribution in [0.5, 0.6) is 0 Å². The topological polar surface area (TPSA) is 83.6 Å². The number of imide groups is 1.